The number of unbranched alkanes of at least 4 members (excludes halogenated alkanes) is 1. The number of fused-ring (bicyclic) bond motifs is 1. The SMILES string of the molecule is CCCCN(C)C(=O)CCN=C1NS(=O)(=O)c2ccccc21. The van der Waals surface area contributed by atoms with Crippen LogP contribution in [0.25, 0.3) is 0 Å². The predicted octanol–water partition coefficient (Wildman–Crippen LogP) is 1.37. The molecule has 1 N–H and O–H groups in total. The molecule has 2 rings (SSSR count). The van der Waals surface area contributed by atoms with Crippen molar-refractivity contribution in [3.05, 3.63) is 29.8 Å². The van der Waals surface area contributed by atoms with Crippen molar-refractivity contribution >= 4 is 21.8 Å². The number of amidine groups is 1. The maximum absolute atomic E-state index is 11.9. The Morgan fingerprint density at radius 2 is 2.05 bits per heavy atom. The Bertz CT molecular complexity index is 683. The first-order valence-electron chi connectivity index (χ1n) is 7.36. The van der Waals surface area contributed by atoms with Crippen LogP contribution in [0.2, 0.25) is 0 Å². The van der Waals surface area contributed by atoms with Gasteiger partial charge in [-0.05, 0) is 18.6 Å². The molecule has 7 heteroatoms. The molecule has 0 saturated heterocycles. The Labute approximate surface area is 131 Å². The van der Waals surface area contributed by atoms with Crippen LogP contribution >= 0.6 is 0 Å². The van der Waals surface area contributed by atoms with Crippen molar-refractivity contribution in [3.8, 4) is 0 Å². The van der Waals surface area contributed by atoms with Crippen molar-refractivity contribution in [1.82, 2.24) is 9.62 Å². The molecule has 0 spiro atoms. The summed E-state index contributed by atoms with van der Waals surface area (Å²) < 4.78 is 26.3. The first-order valence-corrected chi connectivity index (χ1v) is 8.84. The number of amides is 1. The number of hydrogen-bond acceptors (Lipinski definition) is 4. The standard InChI is InChI=1S/C15H21N3O3S/c1-3-4-11-18(2)14(19)9-10-16-15-12-7-5-6-8-13(12)22(20,21)17-15/h5-8H,3-4,9-11H2,1-2H3,(H,16,17). The number of hydrogen-bond donors (Lipinski definition) is 1. The molecule has 120 valence electrons. The molecule has 1 aromatic carbocycles. The molecule has 1 aromatic rings. The van der Waals surface area contributed by atoms with Gasteiger partial charge in [0, 0.05) is 25.6 Å². The van der Waals surface area contributed by atoms with Gasteiger partial charge in [0.2, 0.25) is 5.91 Å². The van der Waals surface area contributed by atoms with Gasteiger partial charge in [-0.25, -0.2) is 8.42 Å². The average Bonchev–Trinajstić information content (AvgIpc) is 2.76. The molecule has 1 heterocycles. The number of nitrogens with one attached hydrogen (secondary N) is 1. The lowest BCUT2D eigenvalue weighted by molar-refractivity contribution is -0.129. The van der Waals surface area contributed by atoms with E-state index in [-0.39, 0.29) is 23.8 Å². The van der Waals surface area contributed by atoms with Crippen LogP contribution in [0.5, 0.6) is 0 Å². The number of carbonyl (C=O) groups excluding carboxylic acids is 1. The number of carbonyl (C=O) groups is 1. The molecule has 22 heavy (non-hydrogen) atoms. The van der Waals surface area contributed by atoms with Gasteiger partial charge in [0.1, 0.15) is 5.84 Å². The minimum Gasteiger partial charge on any atom is -0.346 e. The van der Waals surface area contributed by atoms with E-state index in [1.165, 1.54) is 0 Å². The second kappa shape index (κ2) is 6.91. The minimum atomic E-state index is -3.51. The molecule has 0 fully saturated rings. The van der Waals surface area contributed by atoms with Crippen LogP contribution in [0.3, 0.4) is 0 Å². The van der Waals surface area contributed by atoms with E-state index in [1.807, 2.05) is 0 Å². The number of rotatable bonds is 6. The Morgan fingerprint density at radius 3 is 2.77 bits per heavy atom. The highest BCUT2D eigenvalue weighted by atomic mass is 32.2. The molecule has 0 aromatic heterocycles. The molecule has 0 radical (unpaired) electrons. The smallest absolute Gasteiger partial charge is 0.263 e. The summed E-state index contributed by atoms with van der Waals surface area (Å²) in [4.78, 5) is 18.1. The third-order valence-electron chi connectivity index (χ3n) is 3.53. The first-order chi connectivity index (χ1) is 10.5. The van der Waals surface area contributed by atoms with Crippen LogP contribution in [0.4, 0.5) is 0 Å². The van der Waals surface area contributed by atoms with Gasteiger partial charge in [0.25, 0.3) is 10.0 Å². The number of aliphatic imine (C=N–C) groups is 1. The van der Waals surface area contributed by atoms with E-state index in [1.54, 1.807) is 36.2 Å². The van der Waals surface area contributed by atoms with Gasteiger partial charge >= 0.3 is 0 Å². The first kappa shape index (κ1) is 16.5. The largest absolute Gasteiger partial charge is 0.346 e. The summed E-state index contributed by atoms with van der Waals surface area (Å²) in [5, 5.41) is 0. The maximum Gasteiger partial charge on any atom is 0.263 e. The van der Waals surface area contributed by atoms with Gasteiger partial charge in [-0.15, -0.1) is 0 Å². The summed E-state index contributed by atoms with van der Waals surface area (Å²) in [7, 11) is -1.73. The molecule has 0 aliphatic carbocycles. The quantitative estimate of drug-likeness (QED) is 0.859. The second-order valence-corrected chi connectivity index (χ2v) is 6.90. The van der Waals surface area contributed by atoms with Crippen LogP contribution in [0.1, 0.15) is 31.7 Å². The fraction of sp³-hybridized carbons (Fsp3) is 0.467. The Hall–Kier alpha value is -1.89. The molecule has 0 bridgehead atoms. The monoisotopic (exact) mass is 323 g/mol. The zero-order chi connectivity index (χ0) is 16.2. The number of sulfonamides is 1. The fourth-order valence-electron chi connectivity index (χ4n) is 2.23. The topological polar surface area (TPSA) is 78.8 Å². The van der Waals surface area contributed by atoms with E-state index in [4.69, 9.17) is 0 Å². The molecule has 0 atom stereocenters. The van der Waals surface area contributed by atoms with Crippen molar-refractivity contribution in [2.45, 2.75) is 31.1 Å². The van der Waals surface area contributed by atoms with Gasteiger partial charge in [0.15, 0.2) is 0 Å². The molecule has 1 aliphatic rings. The summed E-state index contributed by atoms with van der Waals surface area (Å²) >= 11 is 0. The highest BCUT2D eigenvalue weighted by Gasteiger charge is 2.29. The van der Waals surface area contributed by atoms with Gasteiger partial charge in [-0.3, -0.25) is 14.5 Å². The molecule has 1 aliphatic heterocycles. The Kier molecular flexibility index (Phi) is 5.18. The zero-order valence-corrected chi connectivity index (χ0v) is 13.7. The molecule has 0 saturated carbocycles. The minimum absolute atomic E-state index is 0.0203. The molecule has 0 unspecified atom stereocenters. The zero-order valence-electron chi connectivity index (χ0n) is 12.9. The lowest BCUT2D eigenvalue weighted by Gasteiger charge is -2.15. The third kappa shape index (κ3) is 3.65. The van der Waals surface area contributed by atoms with Crippen molar-refractivity contribution in [1.29, 1.82) is 0 Å². The molecule has 1 amide bonds. The average molecular weight is 323 g/mol. The number of benzene rings is 1. The van der Waals surface area contributed by atoms with Crippen LogP contribution < -0.4 is 4.72 Å². The number of nitrogens with zero attached hydrogens (tertiary/aromatic N) is 2. The molecular formula is C15H21N3O3S. The van der Waals surface area contributed by atoms with E-state index in [2.05, 4.69) is 16.6 Å². The summed E-state index contributed by atoms with van der Waals surface area (Å²) in [5.41, 5.74) is 0.564. The Morgan fingerprint density at radius 1 is 1.32 bits per heavy atom. The van der Waals surface area contributed by atoms with Crippen LogP contribution in [0, 0.1) is 0 Å². The van der Waals surface area contributed by atoms with Crippen molar-refractivity contribution in [2.24, 2.45) is 4.99 Å². The lowest BCUT2D eigenvalue weighted by Crippen LogP contribution is -2.28. The van der Waals surface area contributed by atoms with Crippen molar-refractivity contribution in [2.75, 3.05) is 20.1 Å². The van der Waals surface area contributed by atoms with E-state index >= 15 is 0 Å². The highest BCUT2D eigenvalue weighted by molar-refractivity contribution is 7.90. The van der Waals surface area contributed by atoms with Crippen molar-refractivity contribution < 1.29 is 13.2 Å². The van der Waals surface area contributed by atoms with Crippen LogP contribution in [0.15, 0.2) is 34.2 Å². The van der Waals surface area contributed by atoms with Crippen molar-refractivity contribution in [3.63, 3.8) is 0 Å². The van der Waals surface area contributed by atoms with Gasteiger partial charge < -0.3 is 4.90 Å². The fourth-order valence-corrected chi connectivity index (χ4v) is 3.48. The van der Waals surface area contributed by atoms with E-state index in [0.717, 1.165) is 19.4 Å². The summed E-state index contributed by atoms with van der Waals surface area (Å²) in [6, 6.07) is 6.69. The third-order valence-corrected chi connectivity index (χ3v) is 4.93. The lowest BCUT2D eigenvalue weighted by atomic mass is 10.2. The van der Waals surface area contributed by atoms with E-state index in [0.29, 0.717) is 11.4 Å². The van der Waals surface area contributed by atoms with Crippen LogP contribution in [-0.2, 0) is 14.8 Å². The van der Waals surface area contributed by atoms with E-state index < -0.39 is 10.0 Å². The maximum atomic E-state index is 11.9. The molecular weight excluding hydrogens is 302 g/mol. The van der Waals surface area contributed by atoms with Gasteiger partial charge in [-0.2, -0.15) is 0 Å². The summed E-state index contributed by atoms with van der Waals surface area (Å²) in [5.74, 6) is 0.339. The summed E-state index contributed by atoms with van der Waals surface area (Å²) in [6.45, 7) is 3.08. The van der Waals surface area contributed by atoms with Gasteiger partial charge in [-0.1, -0.05) is 25.5 Å². The Balaban J connectivity index is 2.00. The highest BCUT2D eigenvalue weighted by Crippen LogP contribution is 2.22. The van der Waals surface area contributed by atoms with E-state index in [9.17, 15) is 13.2 Å². The predicted molar refractivity (Wildman–Crippen MR) is 85.3 cm³/mol. The summed E-state index contributed by atoms with van der Waals surface area (Å²) in [6.07, 6.45) is 2.29. The molecule has 6 nitrogen and oxygen atoms in total. The van der Waals surface area contributed by atoms with Gasteiger partial charge in [0.05, 0.1) is 11.4 Å². The normalized spacial score (nSPS) is 17.1. The second-order valence-electron chi connectivity index (χ2n) is 5.25. The van der Waals surface area contributed by atoms with Crippen LogP contribution in [-0.4, -0.2) is 45.2 Å².